The first-order valence-corrected chi connectivity index (χ1v) is 7.93. The zero-order valence-electron chi connectivity index (χ0n) is 13.2. The van der Waals surface area contributed by atoms with Gasteiger partial charge >= 0.3 is 0 Å². The average molecular weight is 311 g/mol. The molecule has 0 amide bonds. The lowest BCUT2D eigenvalue weighted by Crippen LogP contribution is -2.44. The smallest absolute Gasteiger partial charge is 0.229 e. The second-order valence-electron chi connectivity index (χ2n) is 6.01. The summed E-state index contributed by atoms with van der Waals surface area (Å²) in [5.41, 5.74) is 9.41. The molecule has 0 radical (unpaired) electrons. The topological polar surface area (TPSA) is 68.3 Å². The summed E-state index contributed by atoms with van der Waals surface area (Å²) in [4.78, 5) is 13.6. The highest BCUT2D eigenvalue weighted by Gasteiger charge is 2.15. The summed E-state index contributed by atoms with van der Waals surface area (Å²) in [5, 5.41) is 3.25. The molecule has 120 valence electrons. The Hall–Kier alpha value is -2.38. The number of hydrogen-bond acceptors (Lipinski definition) is 7. The molecule has 1 saturated heterocycles. The van der Waals surface area contributed by atoms with Crippen molar-refractivity contribution in [2.75, 3.05) is 48.9 Å². The van der Waals surface area contributed by atoms with Crippen LogP contribution in [0.2, 0.25) is 0 Å². The Morgan fingerprint density at radius 3 is 2.65 bits per heavy atom. The Kier molecular flexibility index (Phi) is 3.72. The highest BCUT2D eigenvalue weighted by Crippen LogP contribution is 2.22. The Balaban J connectivity index is 1.44. The average Bonchev–Trinajstić information content (AvgIpc) is 3.04. The second kappa shape index (κ2) is 6.02. The molecule has 7 heteroatoms. The summed E-state index contributed by atoms with van der Waals surface area (Å²) in [6.07, 6.45) is 1.84. The molecule has 0 saturated carbocycles. The number of nitrogens with zero attached hydrogens (tertiary/aromatic N) is 4. The monoisotopic (exact) mass is 311 g/mol. The minimum absolute atomic E-state index is 0.604. The number of likely N-dealkylation sites (N-methyl/N-ethyl adjacent to an activating group) is 1. The fourth-order valence-corrected chi connectivity index (χ4v) is 2.88. The van der Waals surface area contributed by atoms with E-state index in [1.807, 2.05) is 6.20 Å². The molecule has 4 rings (SSSR count). The predicted octanol–water partition coefficient (Wildman–Crippen LogP) is 1.40. The number of benzene rings is 1. The maximum Gasteiger partial charge on any atom is 0.229 e. The number of piperazine rings is 1. The number of anilines is 4. The van der Waals surface area contributed by atoms with E-state index < -0.39 is 0 Å². The third-order valence-corrected chi connectivity index (χ3v) is 4.34. The minimum atomic E-state index is 0.604. The summed E-state index contributed by atoms with van der Waals surface area (Å²) in [6, 6.07) is 8.47. The van der Waals surface area contributed by atoms with Crippen molar-refractivity contribution in [2.24, 2.45) is 0 Å². The lowest BCUT2D eigenvalue weighted by atomic mass is 10.2. The molecule has 0 unspecified atom stereocenters. The number of fused-ring (bicyclic) bond motifs is 1. The van der Waals surface area contributed by atoms with Crippen LogP contribution in [0.4, 0.5) is 23.1 Å². The van der Waals surface area contributed by atoms with Crippen LogP contribution < -0.4 is 21.1 Å². The Morgan fingerprint density at radius 2 is 1.87 bits per heavy atom. The molecule has 1 fully saturated rings. The third-order valence-electron chi connectivity index (χ3n) is 4.34. The third kappa shape index (κ3) is 3.06. The Bertz CT molecular complexity index is 677. The van der Waals surface area contributed by atoms with E-state index in [0.29, 0.717) is 5.95 Å². The SMILES string of the molecule is CN1CCN(c2ccc(Nc3ncc4c(n3)NNC4)cc2)CC1. The van der Waals surface area contributed by atoms with E-state index in [4.69, 9.17) is 0 Å². The summed E-state index contributed by atoms with van der Waals surface area (Å²) < 4.78 is 0. The van der Waals surface area contributed by atoms with Crippen molar-refractivity contribution in [2.45, 2.75) is 6.54 Å². The van der Waals surface area contributed by atoms with Crippen LogP contribution in [-0.4, -0.2) is 48.1 Å². The van der Waals surface area contributed by atoms with Gasteiger partial charge in [-0.15, -0.1) is 0 Å². The van der Waals surface area contributed by atoms with Crippen molar-refractivity contribution in [3.05, 3.63) is 36.0 Å². The van der Waals surface area contributed by atoms with E-state index in [1.165, 1.54) is 5.69 Å². The van der Waals surface area contributed by atoms with Gasteiger partial charge in [-0.1, -0.05) is 0 Å². The van der Waals surface area contributed by atoms with Gasteiger partial charge in [-0.3, -0.25) is 0 Å². The Morgan fingerprint density at radius 1 is 1.09 bits per heavy atom. The van der Waals surface area contributed by atoms with Crippen molar-refractivity contribution in [1.29, 1.82) is 0 Å². The van der Waals surface area contributed by atoms with Crippen molar-refractivity contribution in [1.82, 2.24) is 20.3 Å². The van der Waals surface area contributed by atoms with E-state index >= 15 is 0 Å². The largest absolute Gasteiger partial charge is 0.369 e. The minimum Gasteiger partial charge on any atom is -0.369 e. The van der Waals surface area contributed by atoms with Crippen LogP contribution in [0.5, 0.6) is 0 Å². The van der Waals surface area contributed by atoms with Gasteiger partial charge in [0.2, 0.25) is 5.95 Å². The molecular formula is C16H21N7. The van der Waals surface area contributed by atoms with Gasteiger partial charge in [0.05, 0.1) is 0 Å². The first-order valence-electron chi connectivity index (χ1n) is 7.93. The number of rotatable bonds is 3. The molecule has 23 heavy (non-hydrogen) atoms. The number of aromatic nitrogens is 2. The highest BCUT2D eigenvalue weighted by molar-refractivity contribution is 5.61. The maximum absolute atomic E-state index is 4.46. The van der Waals surface area contributed by atoms with Crippen LogP contribution in [0, 0.1) is 0 Å². The normalized spacial score (nSPS) is 17.7. The van der Waals surface area contributed by atoms with E-state index in [9.17, 15) is 0 Å². The van der Waals surface area contributed by atoms with Gasteiger partial charge in [0, 0.05) is 55.9 Å². The van der Waals surface area contributed by atoms with Crippen LogP contribution in [-0.2, 0) is 6.54 Å². The number of hydrogen-bond donors (Lipinski definition) is 3. The van der Waals surface area contributed by atoms with Gasteiger partial charge < -0.3 is 20.5 Å². The predicted molar refractivity (Wildman–Crippen MR) is 91.9 cm³/mol. The van der Waals surface area contributed by atoms with E-state index in [1.54, 1.807) is 0 Å². The maximum atomic E-state index is 4.46. The molecular weight excluding hydrogens is 290 g/mol. The lowest BCUT2D eigenvalue weighted by molar-refractivity contribution is 0.313. The molecule has 1 aromatic heterocycles. The molecule has 0 bridgehead atoms. The van der Waals surface area contributed by atoms with Crippen LogP contribution >= 0.6 is 0 Å². The number of nitrogens with one attached hydrogen (secondary N) is 3. The molecule has 2 aliphatic rings. The van der Waals surface area contributed by atoms with Crippen LogP contribution in [0.25, 0.3) is 0 Å². The second-order valence-corrected chi connectivity index (χ2v) is 6.01. The van der Waals surface area contributed by atoms with Crippen molar-refractivity contribution in [3.8, 4) is 0 Å². The molecule has 3 heterocycles. The summed E-state index contributed by atoms with van der Waals surface area (Å²) in [6.45, 7) is 5.15. The molecule has 2 aromatic rings. The molecule has 0 spiro atoms. The van der Waals surface area contributed by atoms with Crippen LogP contribution in [0.1, 0.15) is 5.56 Å². The summed E-state index contributed by atoms with van der Waals surface area (Å²) >= 11 is 0. The highest BCUT2D eigenvalue weighted by atomic mass is 15.4. The van der Waals surface area contributed by atoms with Gasteiger partial charge in [-0.05, 0) is 31.3 Å². The standard InChI is InChI=1S/C16H21N7/c1-22-6-8-23(9-7-22)14-4-2-13(3-5-14)19-16-17-10-12-11-18-21-15(12)20-16/h2-5,10,18H,6-9,11H2,1H3,(H2,17,19,20,21). The molecule has 0 aliphatic carbocycles. The zero-order chi connectivity index (χ0) is 15.6. The molecule has 3 N–H and O–H groups in total. The van der Waals surface area contributed by atoms with Crippen LogP contribution in [0.3, 0.4) is 0 Å². The number of hydrazine groups is 1. The van der Waals surface area contributed by atoms with Crippen molar-refractivity contribution < 1.29 is 0 Å². The van der Waals surface area contributed by atoms with Gasteiger partial charge in [0.1, 0.15) is 5.82 Å². The van der Waals surface area contributed by atoms with E-state index in [2.05, 4.69) is 67.2 Å². The molecule has 1 aromatic carbocycles. The lowest BCUT2D eigenvalue weighted by Gasteiger charge is -2.34. The first-order chi connectivity index (χ1) is 11.3. The molecule has 0 atom stereocenters. The van der Waals surface area contributed by atoms with Gasteiger partial charge in [0.15, 0.2) is 0 Å². The van der Waals surface area contributed by atoms with Gasteiger partial charge in [0.25, 0.3) is 0 Å². The first kappa shape index (κ1) is 14.2. The molecule has 2 aliphatic heterocycles. The van der Waals surface area contributed by atoms with Gasteiger partial charge in [-0.2, -0.15) is 4.98 Å². The summed E-state index contributed by atoms with van der Waals surface area (Å²) in [7, 11) is 2.17. The summed E-state index contributed by atoms with van der Waals surface area (Å²) in [5.74, 6) is 1.45. The van der Waals surface area contributed by atoms with Crippen molar-refractivity contribution >= 4 is 23.1 Å². The van der Waals surface area contributed by atoms with Crippen LogP contribution in [0.15, 0.2) is 30.5 Å². The fraction of sp³-hybridized carbons (Fsp3) is 0.375. The van der Waals surface area contributed by atoms with E-state index in [0.717, 1.165) is 49.8 Å². The Labute approximate surface area is 135 Å². The zero-order valence-corrected chi connectivity index (χ0v) is 13.2. The molecule has 7 nitrogen and oxygen atoms in total. The quantitative estimate of drug-likeness (QED) is 0.791. The van der Waals surface area contributed by atoms with E-state index in [-0.39, 0.29) is 0 Å². The fourth-order valence-electron chi connectivity index (χ4n) is 2.88. The van der Waals surface area contributed by atoms with Crippen molar-refractivity contribution in [3.63, 3.8) is 0 Å². The van der Waals surface area contributed by atoms with Gasteiger partial charge in [-0.25, -0.2) is 10.4 Å².